The average Bonchev–Trinajstić information content (AvgIpc) is 3.41. The number of hydrogen-bond acceptors (Lipinski definition) is 5. The first kappa shape index (κ1) is 18.8. The summed E-state index contributed by atoms with van der Waals surface area (Å²) in [7, 11) is -3.56. The van der Waals surface area contributed by atoms with Gasteiger partial charge >= 0.3 is 0 Å². The predicted molar refractivity (Wildman–Crippen MR) is 110 cm³/mol. The van der Waals surface area contributed by atoms with Crippen molar-refractivity contribution in [3.8, 4) is 11.3 Å². The fraction of sp³-hybridized carbons (Fsp3) is 0.200. The molecule has 0 radical (unpaired) electrons. The Labute approximate surface area is 167 Å². The summed E-state index contributed by atoms with van der Waals surface area (Å²) >= 11 is 1.33. The van der Waals surface area contributed by atoms with Gasteiger partial charge in [0.15, 0.2) is 5.13 Å². The summed E-state index contributed by atoms with van der Waals surface area (Å²) in [5, 5.41) is 5.10. The maximum absolute atomic E-state index is 12.7. The van der Waals surface area contributed by atoms with Gasteiger partial charge in [-0.1, -0.05) is 36.4 Å². The first-order chi connectivity index (χ1) is 13.5. The minimum absolute atomic E-state index is 0.145. The summed E-state index contributed by atoms with van der Waals surface area (Å²) in [6.07, 6.45) is 1.74. The van der Waals surface area contributed by atoms with E-state index in [4.69, 9.17) is 0 Å². The van der Waals surface area contributed by atoms with Gasteiger partial charge in [-0.15, -0.1) is 11.3 Å². The lowest BCUT2D eigenvalue weighted by Gasteiger charge is -2.15. The molecule has 1 N–H and O–H groups in total. The van der Waals surface area contributed by atoms with Crippen molar-refractivity contribution >= 4 is 32.4 Å². The number of nitrogens with zero attached hydrogens (tertiary/aromatic N) is 2. The molecule has 3 aromatic rings. The van der Waals surface area contributed by atoms with E-state index in [1.807, 2.05) is 35.7 Å². The molecule has 1 saturated heterocycles. The van der Waals surface area contributed by atoms with Crippen LogP contribution in [0.2, 0.25) is 0 Å². The van der Waals surface area contributed by atoms with Crippen molar-refractivity contribution in [3.05, 3.63) is 65.5 Å². The van der Waals surface area contributed by atoms with Crippen LogP contribution in [0.5, 0.6) is 0 Å². The van der Waals surface area contributed by atoms with Crippen LogP contribution >= 0.6 is 11.3 Å². The predicted octanol–water partition coefficient (Wildman–Crippen LogP) is 3.85. The van der Waals surface area contributed by atoms with E-state index in [-0.39, 0.29) is 16.4 Å². The monoisotopic (exact) mass is 413 g/mol. The zero-order valence-electron chi connectivity index (χ0n) is 15.0. The molecule has 2 aromatic carbocycles. The Bertz CT molecular complexity index is 1090. The highest BCUT2D eigenvalue weighted by molar-refractivity contribution is 7.89. The van der Waals surface area contributed by atoms with Crippen LogP contribution in [-0.2, 0) is 10.0 Å². The van der Waals surface area contributed by atoms with Gasteiger partial charge in [0.25, 0.3) is 5.91 Å². The number of anilines is 1. The Morgan fingerprint density at radius 3 is 2.54 bits per heavy atom. The smallest absolute Gasteiger partial charge is 0.257 e. The summed E-state index contributed by atoms with van der Waals surface area (Å²) < 4.78 is 26.9. The third-order valence-corrected chi connectivity index (χ3v) is 7.25. The molecule has 0 spiro atoms. The van der Waals surface area contributed by atoms with Crippen LogP contribution in [0.1, 0.15) is 23.2 Å². The SMILES string of the molecule is O=C(Nc1nc(-c2ccccc2)cs1)c1cccc(S(=O)(=O)N2CCCC2)c1. The maximum Gasteiger partial charge on any atom is 0.257 e. The van der Waals surface area contributed by atoms with Crippen molar-refractivity contribution in [1.82, 2.24) is 9.29 Å². The molecule has 0 aliphatic carbocycles. The number of nitrogens with one attached hydrogen (secondary N) is 1. The minimum Gasteiger partial charge on any atom is -0.298 e. The molecule has 8 heteroatoms. The number of sulfonamides is 1. The van der Waals surface area contributed by atoms with Gasteiger partial charge in [0.2, 0.25) is 10.0 Å². The van der Waals surface area contributed by atoms with Crippen molar-refractivity contribution in [3.63, 3.8) is 0 Å². The number of rotatable bonds is 5. The molecule has 6 nitrogen and oxygen atoms in total. The zero-order chi connectivity index (χ0) is 19.6. The molecule has 144 valence electrons. The molecule has 0 atom stereocenters. The van der Waals surface area contributed by atoms with E-state index in [1.165, 1.54) is 27.8 Å². The van der Waals surface area contributed by atoms with Gasteiger partial charge in [0, 0.05) is 29.6 Å². The van der Waals surface area contributed by atoms with Crippen LogP contribution in [0.4, 0.5) is 5.13 Å². The molecule has 0 bridgehead atoms. The molecule has 1 amide bonds. The van der Waals surface area contributed by atoms with Crippen molar-refractivity contribution < 1.29 is 13.2 Å². The quantitative estimate of drug-likeness (QED) is 0.689. The first-order valence-electron chi connectivity index (χ1n) is 8.96. The van der Waals surface area contributed by atoms with Gasteiger partial charge in [-0.3, -0.25) is 10.1 Å². The maximum atomic E-state index is 12.7. The van der Waals surface area contributed by atoms with Crippen LogP contribution in [0.25, 0.3) is 11.3 Å². The molecule has 1 aliphatic rings. The number of benzene rings is 2. The number of amides is 1. The lowest BCUT2D eigenvalue weighted by Crippen LogP contribution is -2.28. The standard InChI is InChI=1S/C20H19N3O3S2/c24-19(22-20-21-18(14-27-20)15-7-2-1-3-8-15)16-9-6-10-17(13-16)28(25,26)23-11-4-5-12-23/h1-3,6-10,13-14H,4-5,11-12H2,(H,21,22,24). The summed E-state index contributed by atoms with van der Waals surface area (Å²) in [6, 6.07) is 15.8. The summed E-state index contributed by atoms with van der Waals surface area (Å²) in [5.74, 6) is -0.382. The van der Waals surface area contributed by atoms with Crippen LogP contribution in [-0.4, -0.2) is 36.7 Å². The topological polar surface area (TPSA) is 79.4 Å². The number of carbonyl (C=O) groups is 1. The molecule has 1 aliphatic heterocycles. The van der Waals surface area contributed by atoms with Gasteiger partial charge in [0.05, 0.1) is 10.6 Å². The van der Waals surface area contributed by atoms with E-state index in [9.17, 15) is 13.2 Å². The van der Waals surface area contributed by atoms with Crippen LogP contribution in [0.3, 0.4) is 0 Å². The highest BCUT2D eigenvalue weighted by Crippen LogP contribution is 2.26. The molecule has 1 fully saturated rings. The molecule has 0 unspecified atom stereocenters. The number of thiazole rings is 1. The Balaban J connectivity index is 1.52. The number of aromatic nitrogens is 1. The third-order valence-electron chi connectivity index (χ3n) is 4.59. The fourth-order valence-corrected chi connectivity index (χ4v) is 5.40. The van der Waals surface area contributed by atoms with Crippen molar-refractivity contribution in [2.45, 2.75) is 17.7 Å². The van der Waals surface area contributed by atoms with E-state index >= 15 is 0 Å². The second-order valence-corrected chi connectivity index (χ2v) is 9.29. The highest BCUT2D eigenvalue weighted by Gasteiger charge is 2.27. The Kier molecular flexibility index (Phi) is 5.25. The largest absolute Gasteiger partial charge is 0.298 e. The molecule has 4 rings (SSSR count). The summed E-state index contributed by atoms with van der Waals surface area (Å²) in [5.41, 5.74) is 2.04. The average molecular weight is 414 g/mol. The highest BCUT2D eigenvalue weighted by atomic mass is 32.2. The summed E-state index contributed by atoms with van der Waals surface area (Å²) in [4.78, 5) is 17.2. The Morgan fingerprint density at radius 1 is 1.04 bits per heavy atom. The van der Waals surface area contributed by atoms with Crippen molar-refractivity contribution in [1.29, 1.82) is 0 Å². The number of carbonyl (C=O) groups excluding carboxylic acids is 1. The Hall–Kier alpha value is -2.55. The molecular weight excluding hydrogens is 394 g/mol. The number of hydrogen-bond donors (Lipinski definition) is 1. The van der Waals surface area contributed by atoms with Gasteiger partial charge in [-0.05, 0) is 31.0 Å². The van der Waals surface area contributed by atoms with E-state index in [0.29, 0.717) is 18.2 Å². The van der Waals surface area contributed by atoms with Gasteiger partial charge in [0.1, 0.15) is 0 Å². The molecule has 2 heterocycles. The summed E-state index contributed by atoms with van der Waals surface area (Å²) in [6.45, 7) is 1.06. The van der Waals surface area contributed by atoms with E-state index in [0.717, 1.165) is 24.1 Å². The van der Waals surface area contributed by atoms with Crippen molar-refractivity contribution in [2.24, 2.45) is 0 Å². The fourth-order valence-electron chi connectivity index (χ4n) is 3.12. The molecule has 0 saturated carbocycles. The van der Waals surface area contributed by atoms with Crippen LogP contribution in [0, 0.1) is 0 Å². The zero-order valence-corrected chi connectivity index (χ0v) is 16.7. The van der Waals surface area contributed by atoms with Gasteiger partial charge in [-0.2, -0.15) is 4.31 Å². The van der Waals surface area contributed by atoms with E-state index < -0.39 is 10.0 Å². The normalized spacial score (nSPS) is 14.9. The van der Waals surface area contributed by atoms with Crippen molar-refractivity contribution in [2.75, 3.05) is 18.4 Å². The first-order valence-corrected chi connectivity index (χ1v) is 11.3. The van der Waals surface area contributed by atoms with E-state index in [2.05, 4.69) is 10.3 Å². The second-order valence-electron chi connectivity index (χ2n) is 6.50. The lowest BCUT2D eigenvalue weighted by atomic mass is 10.2. The van der Waals surface area contributed by atoms with Gasteiger partial charge in [-0.25, -0.2) is 13.4 Å². The molecular formula is C20H19N3O3S2. The lowest BCUT2D eigenvalue weighted by molar-refractivity contribution is 0.102. The van der Waals surface area contributed by atoms with E-state index in [1.54, 1.807) is 12.1 Å². The third kappa shape index (κ3) is 3.84. The van der Waals surface area contributed by atoms with Crippen LogP contribution < -0.4 is 5.32 Å². The Morgan fingerprint density at radius 2 is 1.79 bits per heavy atom. The second kappa shape index (κ2) is 7.83. The van der Waals surface area contributed by atoms with Gasteiger partial charge < -0.3 is 0 Å². The molecule has 28 heavy (non-hydrogen) atoms. The minimum atomic E-state index is -3.56. The van der Waals surface area contributed by atoms with Crippen LogP contribution in [0.15, 0.2) is 64.9 Å². The molecule has 1 aromatic heterocycles.